The van der Waals surface area contributed by atoms with Crippen LogP contribution in [0.2, 0.25) is 0 Å². The lowest BCUT2D eigenvalue weighted by molar-refractivity contribution is -0.155. The maximum Gasteiger partial charge on any atom is 0.328 e. The van der Waals surface area contributed by atoms with Crippen molar-refractivity contribution < 1.29 is 73.2 Å². The number of hydrogen-bond acceptors (Lipinski definition) is 15. The molecule has 0 radical (unpaired) electrons. The molecule has 0 bridgehead atoms. The minimum absolute atomic E-state index is 0.0768. The minimum atomic E-state index is -1.78. The average Bonchev–Trinajstić information content (AvgIpc) is 2.69. The van der Waals surface area contributed by atoms with Crippen molar-refractivity contribution in [3.63, 3.8) is 0 Å². The molecule has 0 aliphatic carbocycles. The summed E-state index contributed by atoms with van der Waals surface area (Å²) in [5.41, 5.74) is 0. The molecule has 0 saturated heterocycles. The second kappa shape index (κ2) is 38.3. The van der Waals surface area contributed by atoms with Crippen LogP contribution in [0, 0.1) is 35.5 Å². The number of hydrogen-bond donors (Lipinski definition) is 10. The van der Waals surface area contributed by atoms with Gasteiger partial charge in [-0.15, -0.1) is 0 Å². The summed E-state index contributed by atoms with van der Waals surface area (Å²) in [6.07, 6.45) is 0.222. The Labute approximate surface area is 523 Å². The van der Waals surface area contributed by atoms with Gasteiger partial charge in [0.05, 0.1) is 24.4 Å². The van der Waals surface area contributed by atoms with Gasteiger partial charge < -0.3 is 76.8 Å². The lowest BCUT2D eigenvalue weighted by Gasteiger charge is -2.40. The number of amides is 10. The summed E-state index contributed by atoms with van der Waals surface area (Å²) in [6, 6.07) is -14.1. The Kier molecular flexibility index (Phi) is 35.6. The van der Waals surface area contributed by atoms with Gasteiger partial charge in [-0.05, 0) is 116 Å². The van der Waals surface area contributed by atoms with E-state index in [1.54, 1.807) is 53.8 Å². The van der Waals surface area contributed by atoms with Crippen LogP contribution in [0.25, 0.3) is 0 Å². The predicted molar refractivity (Wildman–Crippen MR) is 335 cm³/mol. The number of likely N-dealkylation sites (N-methyl/N-ethyl adjacent to an activating group) is 6. The third kappa shape index (κ3) is 24.6. The topological polar surface area (TPSA) is 357 Å². The maximum absolute atomic E-state index is 14.8. The Morgan fingerprint density at radius 2 is 0.818 bits per heavy atom. The third-order valence-corrected chi connectivity index (χ3v) is 15.7. The van der Waals surface area contributed by atoms with E-state index >= 15 is 0 Å². The molecule has 0 heterocycles. The number of aliphatic hydroxyl groups is 3. The quantitative estimate of drug-likeness (QED) is 0.0389. The first-order chi connectivity index (χ1) is 40.6. The van der Waals surface area contributed by atoms with Gasteiger partial charge in [-0.3, -0.25) is 47.9 Å². The number of rotatable bonds is 38. The number of nitrogens with zero attached hydrogens (tertiary/aromatic N) is 5. The highest BCUT2D eigenvalue weighted by Crippen LogP contribution is 2.24. The van der Waals surface area contributed by atoms with Crippen LogP contribution in [0.3, 0.4) is 0 Å². The zero-order chi connectivity index (χ0) is 68.7. The van der Waals surface area contributed by atoms with Gasteiger partial charge in [0.25, 0.3) is 0 Å². The van der Waals surface area contributed by atoms with E-state index < -0.39 is 162 Å². The van der Waals surface area contributed by atoms with E-state index in [4.69, 9.17) is 0 Å². The molecule has 0 spiro atoms. The highest BCUT2D eigenvalue weighted by Gasteiger charge is 2.45. The standard InChI is InChI=1S/C62H113N11O15/c1-24-26-27-37(13)51(76)50(56(81)68-47(40(16)74)62(87)88)73(23)61(86)48(36(11)12)71(21)60(85)44(29-33(5)6)66-54(79)46(31-35(9)10)69(19)57(82)39(15)65-52(77)38(14)64-53(78)45(30-34(7)8)70(20)59(84)43(28-32(3)4)67-55(80)49(41(17)75)72(22)58(83)42(25-2)63-18/h24,26,32-51,63,74-76H,25,27-31H2,1-23H3,(H,64,78)(H,65,77)(H,66,79)(H,67,80)(H,68,81)(H,87,88)/t37-,38+,39-,40-,41?,42-,43+,44+,45+,46+,47+,48+,49+,50+,51-/m1/s1. The number of aliphatic hydroxyl groups excluding tert-OH is 3. The second-order valence-corrected chi connectivity index (χ2v) is 25.8. The lowest BCUT2D eigenvalue weighted by Crippen LogP contribution is -2.63. The average molecular weight is 1250 g/mol. The first-order valence-electron chi connectivity index (χ1n) is 31.0. The summed E-state index contributed by atoms with van der Waals surface area (Å²) in [6.45, 7) is 28.5. The number of nitrogens with one attached hydrogen (secondary N) is 6. The Morgan fingerprint density at radius 3 is 1.22 bits per heavy atom. The SMILES string of the molecule is CC=CC[C@@H](C)[C@@H](O)[C@@H](C(=O)N[C@H](C(=O)O)[C@@H](C)O)N(C)C(=O)[C@H](C(C)C)N(C)C(=O)[C@H](CC(C)C)NC(=O)[C@H](CC(C)C)N(C)C(=O)[C@@H](C)NC(=O)[C@H](C)NC(=O)[C@H](CC(C)C)N(C)C(=O)[C@H](CC(C)C)NC(=O)[C@H](C(C)O)N(C)C(=O)[C@@H](CC)NC. The summed E-state index contributed by atoms with van der Waals surface area (Å²) in [5.74, 6) is -10.8. The Bertz CT molecular complexity index is 2340. The molecule has 0 aromatic rings. The number of allylic oxidation sites excluding steroid dienone is 2. The number of carbonyl (C=O) groups excluding carboxylic acids is 10. The van der Waals surface area contributed by atoms with Crippen molar-refractivity contribution in [2.75, 3.05) is 42.3 Å². The number of carboxylic acids is 1. The summed E-state index contributed by atoms with van der Waals surface area (Å²) < 4.78 is 0. The number of aliphatic carboxylic acids is 1. The largest absolute Gasteiger partial charge is 0.480 e. The van der Waals surface area contributed by atoms with E-state index in [2.05, 4.69) is 31.9 Å². The molecule has 0 rings (SSSR count). The van der Waals surface area contributed by atoms with Crippen LogP contribution in [0.15, 0.2) is 12.2 Å². The van der Waals surface area contributed by atoms with Gasteiger partial charge in [0, 0.05) is 35.2 Å². The fourth-order valence-electron chi connectivity index (χ4n) is 10.5. The van der Waals surface area contributed by atoms with E-state index in [1.165, 1.54) is 60.9 Å². The summed E-state index contributed by atoms with van der Waals surface area (Å²) in [7, 11) is 8.40. The van der Waals surface area contributed by atoms with Crippen LogP contribution < -0.4 is 31.9 Å². The van der Waals surface area contributed by atoms with Crippen LogP contribution >= 0.6 is 0 Å². The molecule has 0 fully saturated rings. The van der Waals surface area contributed by atoms with Crippen molar-refractivity contribution >= 4 is 65.0 Å². The molecule has 0 aromatic heterocycles. The number of carboxylic acid groups (broad SMARTS) is 1. The molecule has 88 heavy (non-hydrogen) atoms. The zero-order valence-corrected chi connectivity index (χ0v) is 57.0. The van der Waals surface area contributed by atoms with E-state index in [-0.39, 0.29) is 55.8 Å². The zero-order valence-electron chi connectivity index (χ0n) is 57.0. The Morgan fingerprint density at radius 1 is 0.432 bits per heavy atom. The lowest BCUT2D eigenvalue weighted by atomic mass is 9.91. The molecular formula is C62H113N11O15. The fourth-order valence-corrected chi connectivity index (χ4v) is 10.5. The van der Waals surface area contributed by atoms with Crippen LogP contribution in [-0.4, -0.2) is 237 Å². The van der Waals surface area contributed by atoms with E-state index in [1.807, 2.05) is 55.4 Å². The van der Waals surface area contributed by atoms with Crippen molar-refractivity contribution in [3.05, 3.63) is 12.2 Å². The van der Waals surface area contributed by atoms with Gasteiger partial charge in [0.15, 0.2) is 6.04 Å². The predicted octanol–water partition coefficient (Wildman–Crippen LogP) is 1.23. The third-order valence-electron chi connectivity index (χ3n) is 15.7. The van der Waals surface area contributed by atoms with Crippen molar-refractivity contribution in [2.24, 2.45) is 35.5 Å². The Balaban J connectivity index is 6.85. The molecular weight excluding hydrogens is 1140 g/mol. The van der Waals surface area contributed by atoms with Crippen LogP contribution in [0.4, 0.5) is 0 Å². The molecule has 15 atom stereocenters. The van der Waals surface area contributed by atoms with Crippen molar-refractivity contribution in [1.82, 2.24) is 56.4 Å². The van der Waals surface area contributed by atoms with Gasteiger partial charge in [0.2, 0.25) is 59.1 Å². The van der Waals surface area contributed by atoms with Crippen molar-refractivity contribution in [3.8, 4) is 0 Å². The monoisotopic (exact) mass is 1250 g/mol. The minimum Gasteiger partial charge on any atom is -0.480 e. The molecule has 26 nitrogen and oxygen atoms in total. The number of carbonyl (C=O) groups is 11. The first-order valence-corrected chi connectivity index (χ1v) is 31.0. The highest BCUT2D eigenvalue weighted by atomic mass is 16.4. The van der Waals surface area contributed by atoms with Gasteiger partial charge in [-0.25, -0.2) is 4.79 Å². The van der Waals surface area contributed by atoms with E-state index in [0.717, 1.165) is 26.5 Å². The summed E-state index contributed by atoms with van der Waals surface area (Å²) in [4.78, 5) is 159. The molecule has 10 N–H and O–H groups in total. The summed E-state index contributed by atoms with van der Waals surface area (Å²) in [5, 5.41) is 58.3. The molecule has 10 amide bonds. The maximum atomic E-state index is 14.8. The van der Waals surface area contributed by atoms with Crippen molar-refractivity contribution in [1.29, 1.82) is 0 Å². The molecule has 506 valence electrons. The highest BCUT2D eigenvalue weighted by molar-refractivity contribution is 5.99. The molecule has 0 saturated carbocycles. The Hall–Kier alpha value is -6.25. The smallest absolute Gasteiger partial charge is 0.328 e. The van der Waals surface area contributed by atoms with Crippen LogP contribution in [-0.2, 0) is 52.7 Å². The van der Waals surface area contributed by atoms with Gasteiger partial charge in [0.1, 0.15) is 54.4 Å². The fraction of sp³-hybridized carbons (Fsp3) is 0.790. The van der Waals surface area contributed by atoms with Crippen LogP contribution in [0.5, 0.6) is 0 Å². The molecule has 26 heteroatoms. The van der Waals surface area contributed by atoms with Crippen LogP contribution in [0.1, 0.15) is 156 Å². The molecule has 0 aliphatic rings. The normalized spacial score (nSPS) is 16.9. The summed E-state index contributed by atoms with van der Waals surface area (Å²) >= 11 is 0. The van der Waals surface area contributed by atoms with Gasteiger partial charge in [-0.1, -0.05) is 95.2 Å². The second-order valence-electron chi connectivity index (χ2n) is 25.8. The first kappa shape index (κ1) is 81.8. The molecule has 1 unspecified atom stereocenters. The van der Waals surface area contributed by atoms with Crippen molar-refractivity contribution in [2.45, 2.75) is 241 Å². The van der Waals surface area contributed by atoms with E-state index in [9.17, 15) is 73.2 Å². The molecule has 0 aromatic carbocycles. The molecule has 0 aliphatic heterocycles. The van der Waals surface area contributed by atoms with E-state index in [0.29, 0.717) is 6.42 Å². The van der Waals surface area contributed by atoms with Gasteiger partial charge >= 0.3 is 5.97 Å². The van der Waals surface area contributed by atoms with Gasteiger partial charge in [-0.2, -0.15) is 0 Å².